The molecule has 2 heterocycles. The van der Waals surface area contributed by atoms with Gasteiger partial charge in [-0.25, -0.2) is 4.68 Å². The van der Waals surface area contributed by atoms with Crippen molar-refractivity contribution in [2.45, 2.75) is 40.5 Å². The minimum absolute atomic E-state index is 0.205. The summed E-state index contributed by atoms with van der Waals surface area (Å²) in [4.78, 5) is 12.4. The number of amides is 1. The van der Waals surface area contributed by atoms with Gasteiger partial charge >= 0.3 is 0 Å². The molecule has 1 unspecified atom stereocenters. The first-order valence-corrected chi connectivity index (χ1v) is 8.96. The standard InChI is InChI=1S/C19H22ClN5O2/c1-12-5-6-18(13(2)7-12)27-11-24-9-16(8-21-24)22-19(26)15(4)25-10-17(20)14(3)23-25/h5-10,15H,11H2,1-4H3,(H,22,26). The fourth-order valence-electron chi connectivity index (χ4n) is 2.62. The van der Waals surface area contributed by atoms with Crippen molar-refractivity contribution >= 4 is 23.2 Å². The highest BCUT2D eigenvalue weighted by Gasteiger charge is 2.18. The Balaban J connectivity index is 1.59. The van der Waals surface area contributed by atoms with E-state index >= 15 is 0 Å². The van der Waals surface area contributed by atoms with Gasteiger partial charge in [0.2, 0.25) is 5.91 Å². The first-order chi connectivity index (χ1) is 12.8. The molecule has 7 nitrogen and oxygen atoms in total. The first kappa shape index (κ1) is 19.0. The third kappa shape index (κ3) is 4.49. The molecule has 1 amide bonds. The molecule has 2 aromatic heterocycles. The molecule has 0 aliphatic heterocycles. The van der Waals surface area contributed by atoms with Crippen LogP contribution in [0.25, 0.3) is 0 Å². The highest BCUT2D eigenvalue weighted by molar-refractivity contribution is 6.31. The van der Waals surface area contributed by atoms with Crippen LogP contribution in [0.5, 0.6) is 5.75 Å². The number of ether oxygens (including phenoxy) is 1. The van der Waals surface area contributed by atoms with Crippen LogP contribution in [0.15, 0.2) is 36.8 Å². The molecule has 1 aromatic carbocycles. The summed E-state index contributed by atoms with van der Waals surface area (Å²) in [6, 6.07) is 5.51. The minimum Gasteiger partial charge on any atom is -0.471 e. The monoisotopic (exact) mass is 387 g/mol. The van der Waals surface area contributed by atoms with Gasteiger partial charge in [0.1, 0.15) is 11.8 Å². The molecule has 0 aliphatic carbocycles. The zero-order valence-electron chi connectivity index (χ0n) is 15.7. The van der Waals surface area contributed by atoms with Gasteiger partial charge < -0.3 is 10.1 Å². The third-order valence-electron chi connectivity index (χ3n) is 4.22. The van der Waals surface area contributed by atoms with E-state index in [0.29, 0.717) is 16.4 Å². The largest absolute Gasteiger partial charge is 0.471 e. The van der Waals surface area contributed by atoms with E-state index in [1.54, 1.807) is 41.8 Å². The number of hydrogen-bond donors (Lipinski definition) is 1. The first-order valence-electron chi connectivity index (χ1n) is 8.58. The second kappa shape index (κ2) is 7.84. The Morgan fingerprint density at radius 2 is 2.07 bits per heavy atom. The molecule has 142 valence electrons. The van der Waals surface area contributed by atoms with Gasteiger partial charge in [-0.15, -0.1) is 0 Å². The zero-order valence-corrected chi connectivity index (χ0v) is 16.5. The smallest absolute Gasteiger partial charge is 0.249 e. The lowest BCUT2D eigenvalue weighted by Gasteiger charge is -2.11. The Hall–Kier alpha value is -2.80. The van der Waals surface area contributed by atoms with Crippen LogP contribution in [0.4, 0.5) is 5.69 Å². The fourth-order valence-corrected chi connectivity index (χ4v) is 2.76. The van der Waals surface area contributed by atoms with Crippen LogP contribution in [0.3, 0.4) is 0 Å². The maximum absolute atomic E-state index is 12.4. The van der Waals surface area contributed by atoms with Crippen molar-refractivity contribution in [1.82, 2.24) is 19.6 Å². The highest BCUT2D eigenvalue weighted by Crippen LogP contribution is 2.20. The molecule has 8 heteroatoms. The molecule has 27 heavy (non-hydrogen) atoms. The zero-order chi connectivity index (χ0) is 19.6. The number of hydrogen-bond acceptors (Lipinski definition) is 4. The lowest BCUT2D eigenvalue weighted by Crippen LogP contribution is -2.24. The predicted octanol–water partition coefficient (Wildman–Crippen LogP) is 3.89. The van der Waals surface area contributed by atoms with Crippen molar-refractivity contribution in [2.75, 3.05) is 5.32 Å². The molecule has 0 saturated heterocycles. The lowest BCUT2D eigenvalue weighted by atomic mass is 10.1. The summed E-state index contributed by atoms with van der Waals surface area (Å²) < 4.78 is 8.95. The van der Waals surface area contributed by atoms with Crippen LogP contribution < -0.4 is 10.1 Å². The van der Waals surface area contributed by atoms with E-state index in [1.807, 2.05) is 26.0 Å². The quantitative estimate of drug-likeness (QED) is 0.696. The Morgan fingerprint density at radius 3 is 2.74 bits per heavy atom. The summed E-state index contributed by atoms with van der Waals surface area (Å²) >= 11 is 6.00. The summed E-state index contributed by atoms with van der Waals surface area (Å²) in [6.45, 7) is 7.85. The number of halogens is 1. The number of nitrogens with zero attached hydrogens (tertiary/aromatic N) is 4. The summed E-state index contributed by atoms with van der Waals surface area (Å²) in [5.74, 6) is 0.602. The minimum atomic E-state index is -0.494. The molecule has 0 saturated carbocycles. The second-order valence-electron chi connectivity index (χ2n) is 6.52. The van der Waals surface area contributed by atoms with Crippen molar-refractivity contribution in [3.63, 3.8) is 0 Å². The Morgan fingerprint density at radius 1 is 1.30 bits per heavy atom. The molecule has 0 fully saturated rings. The van der Waals surface area contributed by atoms with Gasteiger partial charge in [-0.2, -0.15) is 10.2 Å². The molecule has 0 bridgehead atoms. The number of aromatic nitrogens is 4. The molecule has 0 radical (unpaired) electrons. The topological polar surface area (TPSA) is 74.0 Å². The van der Waals surface area contributed by atoms with Crippen molar-refractivity contribution in [1.29, 1.82) is 0 Å². The third-order valence-corrected chi connectivity index (χ3v) is 4.59. The van der Waals surface area contributed by atoms with Gasteiger partial charge in [-0.05, 0) is 39.3 Å². The van der Waals surface area contributed by atoms with Gasteiger partial charge in [0.25, 0.3) is 0 Å². The van der Waals surface area contributed by atoms with Crippen LogP contribution in [0, 0.1) is 20.8 Å². The number of anilines is 1. The van der Waals surface area contributed by atoms with Crippen LogP contribution in [-0.4, -0.2) is 25.5 Å². The SMILES string of the molecule is Cc1ccc(OCn2cc(NC(=O)C(C)n3cc(Cl)c(C)n3)cn2)c(C)c1. The number of carbonyl (C=O) groups excluding carboxylic acids is 1. The average Bonchev–Trinajstić information content (AvgIpc) is 3.20. The number of carbonyl (C=O) groups is 1. The fraction of sp³-hybridized carbons (Fsp3) is 0.316. The summed E-state index contributed by atoms with van der Waals surface area (Å²) in [7, 11) is 0. The Labute approximate surface area is 162 Å². The van der Waals surface area contributed by atoms with Gasteiger partial charge in [0, 0.05) is 6.20 Å². The van der Waals surface area contributed by atoms with Crippen LogP contribution in [-0.2, 0) is 11.5 Å². The maximum atomic E-state index is 12.4. The van der Waals surface area contributed by atoms with E-state index in [2.05, 4.69) is 21.6 Å². The number of rotatable bonds is 6. The van der Waals surface area contributed by atoms with Gasteiger partial charge in [0.05, 0.1) is 28.8 Å². The summed E-state index contributed by atoms with van der Waals surface area (Å²) in [6.07, 6.45) is 4.94. The number of aryl methyl sites for hydroxylation is 3. The van der Waals surface area contributed by atoms with E-state index in [1.165, 1.54) is 5.56 Å². The summed E-state index contributed by atoms with van der Waals surface area (Å²) in [5, 5.41) is 11.8. The average molecular weight is 388 g/mol. The van der Waals surface area contributed by atoms with Gasteiger partial charge in [-0.3, -0.25) is 9.48 Å². The van der Waals surface area contributed by atoms with Gasteiger partial charge in [0.15, 0.2) is 6.73 Å². The normalized spacial score (nSPS) is 12.0. The molecular formula is C19H22ClN5O2. The Bertz CT molecular complexity index is 943. The van der Waals surface area contributed by atoms with E-state index in [9.17, 15) is 4.79 Å². The van der Waals surface area contributed by atoms with E-state index in [-0.39, 0.29) is 12.6 Å². The number of benzene rings is 1. The van der Waals surface area contributed by atoms with Crippen LogP contribution in [0.1, 0.15) is 29.8 Å². The number of nitrogens with one attached hydrogen (secondary N) is 1. The molecule has 1 atom stereocenters. The molecule has 0 aliphatic rings. The molecule has 1 N–H and O–H groups in total. The van der Waals surface area contributed by atoms with E-state index in [0.717, 1.165) is 11.3 Å². The Kier molecular flexibility index (Phi) is 5.51. The highest BCUT2D eigenvalue weighted by atomic mass is 35.5. The van der Waals surface area contributed by atoms with Crippen LogP contribution >= 0.6 is 11.6 Å². The second-order valence-corrected chi connectivity index (χ2v) is 6.93. The van der Waals surface area contributed by atoms with Crippen LogP contribution in [0.2, 0.25) is 5.02 Å². The summed E-state index contributed by atoms with van der Waals surface area (Å²) in [5.41, 5.74) is 3.53. The van der Waals surface area contributed by atoms with Gasteiger partial charge in [-0.1, -0.05) is 29.3 Å². The molecule has 0 spiro atoms. The molecule has 3 rings (SSSR count). The predicted molar refractivity (Wildman–Crippen MR) is 104 cm³/mol. The van der Waals surface area contributed by atoms with Crippen molar-refractivity contribution in [2.24, 2.45) is 0 Å². The van der Waals surface area contributed by atoms with E-state index < -0.39 is 6.04 Å². The molecule has 3 aromatic rings. The van der Waals surface area contributed by atoms with Crippen molar-refractivity contribution in [3.05, 3.63) is 58.6 Å². The van der Waals surface area contributed by atoms with E-state index in [4.69, 9.17) is 16.3 Å². The van der Waals surface area contributed by atoms with Crippen molar-refractivity contribution < 1.29 is 9.53 Å². The maximum Gasteiger partial charge on any atom is 0.249 e. The molecular weight excluding hydrogens is 366 g/mol. The lowest BCUT2D eigenvalue weighted by molar-refractivity contribution is -0.119. The van der Waals surface area contributed by atoms with Crippen molar-refractivity contribution in [3.8, 4) is 5.75 Å².